The maximum absolute atomic E-state index is 13.2. The molecule has 0 bridgehead atoms. The molecular formula is C12H6Cl2F2N2O. The van der Waals surface area contributed by atoms with E-state index in [0.717, 1.165) is 6.07 Å². The van der Waals surface area contributed by atoms with Crippen LogP contribution < -0.4 is 5.32 Å². The highest BCUT2D eigenvalue weighted by molar-refractivity contribution is 6.35. The Labute approximate surface area is 117 Å². The van der Waals surface area contributed by atoms with Gasteiger partial charge in [0, 0.05) is 5.69 Å². The Morgan fingerprint density at radius 2 is 1.79 bits per heavy atom. The number of carbonyl (C=O) groups is 1. The molecular weight excluding hydrogens is 297 g/mol. The van der Waals surface area contributed by atoms with Gasteiger partial charge in [-0.25, -0.2) is 9.37 Å². The average molecular weight is 303 g/mol. The van der Waals surface area contributed by atoms with E-state index in [4.69, 9.17) is 23.2 Å². The highest BCUT2D eigenvalue weighted by atomic mass is 35.5. The number of anilines is 1. The lowest BCUT2D eigenvalue weighted by Crippen LogP contribution is -2.14. The first-order valence-electron chi connectivity index (χ1n) is 5.06. The first-order valence-corrected chi connectivity index (χ1v) is 5.81. The van der Waals surface area contributed by atoms with Crippen molar-refractivity contribution in [3.8, 4) is 0 Å². The van der Waals surface area contributed by atoms with E-state index in [1.807, 2.05) is 0 Å². The van der Waals surface area contributed by atoms with E-state index in [0.29, 0.717) is 0 Å². The van der Waals surface area contributed by atoms with Gasteiger partial charge in [-0.15, -0.1) is 0 Å². The average Bonchev–Trinajstić information content (AvgIpc) is 2.36. The molecule has 0 saturated heterocycles. The lowest BCUT2D eigenvalue weighted by Gasteiger charge is -2.06. The predicted octanol–water partition coefficient (Wildman–Crippen LogP) is 3.92. The number of rotatable bonds is 2. The molecule has 0 saturated carbocycles. The Morgan fingerprint density at radius 1 is 1.16 bits per heavy atom. The fraction of sp³-hybridized carbons (Fsp3) is 0. The molecule has 0 unspecified atom stereocenters. The lowest BCUT2D eigenvalue weighted by molar-refractivity contribution is 0.102. The van der Waals surface area contributed by atoms with Gasteiger partial charge in [-0.05, 0) is 24.3 Å². The molecule has 2 aromatic rings. The van der Waals surface area contributed by atoms with Gasteiger partial charge in [0.25, 0.3) is 5.91 Å². The third-order valence-corrected chi connectivity index (χ3v) is 2.74. The Morgan fingerprint density at radius 3 is 2.37 bits per heavy atom. The minimum atomic E-state index is -0.775. The molecule has 1 amide bonds. The summed E-state index contributed by atoms with van der Waals surface area (Å²) in [6.07, 6.45) is 0. The van der Waals surface area contributed by atoms with Crippen molar-refractivity contribution in [2.45, 2.75) is 0 Å². The summed E-state index contributed by atoms with van der Waals surface area (Å²) in [5, 5.41) is 1.94. The van der Waals surface area contributed by atoms with Crippen LogP contribution in [0.5, 0.6) is 0 Å². The molecule has 3 nitrogen and oxygen atoms in total. The molecule has 0 radical (unpaired) electrons. The maximum atomic E-state index is 13.2. The van der Waals surface area contributed by atoms with Gasteiger partial charge >= 0.3 is 0 Å². The van der Waals surface area contributed by atoms with Gasteiger partial charge in [0.2, 0.25) is 5.95 Å². The molecule has 0 aliphatic carbocycles. The van der Waals surface area contributed by atoms with E-state index in [9.17, 15) is 13.6 Å². The van der Waals surface area contributed by atoms with Gasteiger partial charge in [0.05, 0.1) is 10.0 Å². The lowest BCUT2D eigenvalue weighted by atomic mass is 10.3. The minimum Gasteiger partial charge on any atom is -0.321 e. The van der Waals surface area contributed by atoms with Crippen molar-refractivity contribution < 1.29 is 13.6 Å². The largest absolute Gasteiger partial charge is 0.321 e. The van der Waals surface area contributed by atoms with Crippen LogP contribution in [0.2, 0.25) is 10.0 Å². The van der Waals surface area contributed by atoms with Crippen LogP contribution in [-0.2, 0) is 0 Å². The Hall–Kier alpha value is -1.72. The van der Waals surface area contributed by atoms with Gasteiger partial charge in [-0.2, -0.15) is 4.39 Å². The van der Waals surface area contributed by atoms with Gasteiger partial charge in [-0.1, -0.05) is 29.3 Å². The smallest absolute Gasteiger partial charge is 0.274 e. The SMILES string of the molecule is O=C(Nc1cc(Cl)c(F)c(Cl)c1)c1cccc(F)n1. The number of hydrogen-bond acceptors (Lipinski definition) is 2. The molecule has 0 aliphatic heterocycles. The maximum Gasteiger partial charge on any atom is 0.274 e. The van der Waals surface area contributed by atoms with E-state index in [2.05, 4.69) is 10.3 Å². The first kappa shape index (κ1) is 13.7. The van der Waals surface area contributed by atoms with Crippen LogP contribution in [0.1, 0.15) is 10.5 Å². The van der Waals surface area contributed by atoms with Gasteiger partial charge < -0.3 is 5.32 Å². The van der Waals surface area contributed by atoms with E-state index in [-0.39, 0.29) is 21.4 Å². The van der Waals surface area contributed by atoms with E-state index in [1.165, 1.54) is 24.3 Å². The summed E-state index contributed by atoms with van der Waals surface area (Å²) in [6.45, 7) is 0. The van der Waals surface area contributed by atoms with E-state index in [1.54, 1.807) is 0 Å². The zero-order valence-electron chi connectivity index (χ0n) is 9.25. The molecule has 1 N–H and O–H groups in total. The number of aromatic nitrogens is 1. The second-order valence-corrected chi connectivity index (χ2v) is 4.37. The number of benzene rings is 1. The van der Waals surface area contributed by atoms with E-state index < -0.39 is 17.7 Å². The fourth-order valence-electron chi connectivity index (χ4n) is 1.36. The summed E-state index contributed by atoms with van der Waals surface area (Å²) in [6, 6.07) is 6.19. The summed E-state index contributed by atoms with van der Waals surface area (Å²) in [5.41, 5.74) is 0.0732. The zero-order valence-corrected chi connectivity index (χ0v) is 10.8. The third kappa shape index (κ3) is 3.19. The first-order chi connectivity index (χ1) is 8.97. The number of amides is 1. The van der Waals surface area contributed by atoms with Crippen LogP contribution in [0.3, 0.4) is 0 Å². The standard InChI is InChI=1S/C12H6Cl2F2N2O/c13-7-4-6(5-8(14)11(7)16)17-12(19)9-2-1-3-10(15)18-9/h1-5H,(H,17,19). The molecule has 0 aliphatic rings. The van der Waals surface area contributed by atoms with Crippen LogP contribution in [0.4, 0.5) is 14.5 Å². The van der Waals surface area contributed by atoms with Crippen LogP contribution in [0.15, 0.2) is 30.3 Å². The molecule has 0 fully saturated rings. The Kier molecular flexibility index (Phi) is 3.97. The van der Waals surface area contributed by atoms with Crippen LogP contribution >= 0.6 is 23.2 Å². The van der Waals surface area contributed by atoms with Gasteiger partial charge in [-0.3, -0.25) is 4.79 Å². The molecule has 19 heavy (non-hydrogen) atoms. The Balaban J connectivity index is 2.24. The van der Waals surface area contributed by atoms with E-state index >= 15 is 0 Å². The monoisotopic (exact) mass is 302 g/mol. The number of nitrogens with zero attached hydrogens (tertiary/aromatic N) is 1. The minimum absolute atomic E-state index is 0.114. The number of halogens is 4. The van der Waals surface area contributed by atoms with Crippen LogP contribution in [-0.4, -0.2) is 10.9 Å². The highest BCUT2D eigenvalue weighted by Gasteiger charge is 2.12. The summed E-state index contributed by atoms with van der Waals surface area (Å²) >= 11 is 11.2. The molecule has 1 aromatic heterocycles. The summed E-state index contributed by atoms with van der Waals surface area (Å²) in [5.74, 6) is -2.20. The summed E-state index contributed by atoms with van der Waals surface area (Å²) in [7, 11) is 0. The van der Waals surface area contributed by atoms with Crippen LogP contribution in [0.25, 0.3) is 0 Å². The second-order valence-electron chi connectivity index (χ2n) is 3.55. The normalized spacial score (nSPS) is 10.3. The van der Waals surface area contributed by atoms with Gasteiger partial charge in [0.1, 0.15) is 5.69 Å². The predicted molar refractivity (Wildman–Crippen MR) is 68.6 cm³/mol. The molecule has 0 atom stereocenters. The van der Waals surface area contributed by atoms with Crippen molar-refractivity contribution in [1.29, 1.82) is 0 Å². The molecule has 1 aromatic carbocycles. The highest BCUT2D eigenvalue weighted by Crippen LogP contribution is 2.27. The number of nitrogens with one attached hydrogen (secondary N) is 1. The summed E-state index contributed by atoms with van der Waals surface area (Å²) < 4.78 is 26.1. The van der Waals surface area contributed by atoms with Crippen molar-refractivity contribution in [2.24, 2.45) is 0 Å². The Bertz CT molecular complexity index is 626. The summed E-state index contributed by atoms with van der Waals surface area (Å²) in [4.78, 5) is 15.2. The molecule has 98 valence electrons. The van der Waals surface area contributed by atoms with Crippen molar-refractivity contribution in [3.63, 3.8) is 0 Å². The molecule has 0 spiro atoms. The zero-order chi connectivity index (χ0) is 14.0. The topological polar surface area (TPSA) is 42.0 Å². The van der Waals surface area contributed by atoms with Crippen LogP contribution in [0, 0.1) is 11.8 Å². The number of carbonyl (C=O) groups excluding carboxylic acids is 1. The quantitative estimate of drug-likeness (QED) is 0.675. The number of pyridine rings is 1. The molecule has 7 heteroatoms. The van der Waals surface area contributed by atoms with Crippen molar-refractivity contribution in [2.75, 3.05) is 5.32 Å². The molecule has 1 heterocycles. The number of hydrogen-bond donors (Lipinski definition) is 1. The van der Waals surface area contributed by atoms with Crippen molar-refractivity contribution >= 4 is 34.8 Å². The van der Waals surface area contributed by atoms with Crippen molar-refractivity contribution in [3.05, 3.63) is 57.8 Å². The van der Waals surface area contributed by atoms with Crippen molar-refractivity contribution in [1.82, 2.24) is 4.98 Å². The second kappa shape index (κ2) is 5.50. The fourth-order valence-corrected chi connectivity index (χ4v) is 1.84. The third-order valence-electron chi connectivity index (χ3n) is 2.19. The molecule has 2 rings (SSSR count). The van der Waals surface area contributed by atoms with Gasteiger partial charge in [0.15, 0.2) is 5.82 Å².